The Morgan fingerprint density at radius 1 is 1.26 bits per heavy atom. The van der Waals surface area contributed by atoms with E-state index in [0.717, 1.165) is 44.0 Å². The molecule has 0 unspecified atom stereocenters. The van der Waals surface area contributed by atoms with Gasteiger partial charge in [-0.2, -0.15) is 0 Å². The Morgan fingerprint density at radius 3 is 2.67 bits per heavy atom. The van der Waals surface area contributed by atoms with E-state index in [9.17, 15) is 14.9 Å². The molecule has 2 aliphatic rings. The maximum Gasteiger partial charge on any atom is 0.293 e. The van der Waals surface area contributed by atoms with E-state index in [1.807, 2.05) is 11.9 Å². The average molecular weight is 388 g/mol. The number of carbonyl (C=O) groups excluding carboxylic acids is 1. The number of rotatable bonds is 5. The fourth-order valence-electron chi connectivity index (χ4n) is 3.08. The summed E-state index contributed by atoms with van der Waals surface area (Å²) >= 11 is 1.36. The summed E-state index contributed by atoms with van der Waals surface area (Å²) in [5, 5.41) is 23.7. The molecule has 1 N–H and O–H groups in total. The van der Waals surface area contributed by atoms with Gasteiger partial charge in [-0.05, 0) is 32.0 Å². The van der Waals surface area contributed by atoms with Crippen LogP contribution < -0.4 is 10.2 Å². The first-order valence-electron chi connectivity index (χ1n) is 8.88. The summed E-state index contributed by atoms with van der Waals surface area (Å²) in [6, 6.07) is 4.62. The van der Waals surface area contributed by atoms with Crippen LogP contribution in [-0.2, 0) is 0 Å². The number of nitrogens with zero attached hydrogens (tertiary/aromatic N) is 5. The Balaban J connectivity index is 1.52. The number of nitro benzene ring substituents is 1. The lowest BCUT2D eigenvalue weighted by molar-refractivity contribution is -0.384. The van der Waals surface area contributed by atoms with Crippen LogP contribution in [0.3, 0.4) is 0 Å². The molecule has 4 rings (SSSR count). The van der Waals surface area contributed by atoms with E-state index < -0.39 is 10.8 Å². The second-order valence-corrected chi connectivity index (χ2v) is 7.93. The van der Waals surface area contributed by atoms with Gasteiger partial charge in [-0.3, -0.25) is 20.2 Å². The first-order chi connectivity index (χ1) is 13.0. The lowest BCUT2D eigenvalue weighted by atomic mass is 10.1. The number of anilines is 2. The highest BCUT2D eigenvalue weighted by atomic mass is 32.1. The molecule has 10 heteroatoms. The van der Waals surface area contributed by atoms with E-state index in [1.165, 1.54) is 17.4 Å². The van der Waals surface area contributed by atoms with Crippen LogP contribution in [0.15, 0.2) is 18.2 Å². The third kappa shape index (κ3) is 3.91. The van der Waals surface area contributed by atoms with Crippen molar-refractivity contribution in [3.8, 4) is 0 Å². The average Bonchev–Trinajstić information content (AvgIpc) is 3.41. The molecular weight excluding hydrogens is 368 g/mol. The summed E-state index contributed by atoms with van der Waals surface area (Å²) in [4.78, 5) is 27.8. The molecule has 0 spiro atoms. The highest BCUT2D eigenvalue weighted by molar-refractivity contribution is 7.15. The molecule has 1 saturated heterocycles. The Morgan fingerprint density at radius 2 is 2.00 bits per heavy atom. The minimum absolute atomic E-state index is 0.0527. The van der Waals surface area contributed by atoms with Gasteiger partial charge < -0.3 is 9.80 Å². The van der Waals surface area contributed by atoms with Crippen LogP contribution in [0.4, 0.5) is 16.5 Å². The van der Waals surface area contributed by atoms with Crippen LogP contribution >= 0.6 is 11.3 Å². The quantitative estimate of drug-likeness (QED) is 0.619. The smallest absolute Gasteiger partial charge is 0.293 e. The molecule has 0 radical (unpaired) electrons. The van der Waals surface area contributed by atoms with Gasteiger partial charge in [-0.15, -0.1) is 10.2 Å². The van der Waals surface area contributed by atoms with Gasteiger partial charge in [0, 0.05) is 43.7 Å². The van der Waals surface area contributed by atoms with Gasteiger partial charge >= 0.3 is 0 Å². The third-order valence-electron chi connectivity index (χ3n) is 4.87. The number of likely N-dealkylation sites (N-methyl/N-ethyl adjacent to an activating group) is 1. The summed E-state index contributed by atoms with van der Waals surface area (Å²) in [7, 11) is 2.03. The molecular formula is C17H20N6O3S. The van der Waals surface area contributed by atoms with E-state index in [2.05, 4.69) is 20.4 Å². The Kier molecular flexibility index (Phi) is 4.75. The second-order valence-electron chi connectivity index (χ2n) is 6.92. The van der Waals surface area contributed by atoms with Crippen LogP contribution in [0.2, 0.25) is 0 Å². The molecule has 1 saturated carbocycles. The number of hydrogen-bond donors (Lipinski definition) is 1. The van der Waals surface area contributed by atoms with Gasteiger partial charge in [-0.25, -0.2) is 0 Å². The van der Waals surface area contributed by atoms with Gasteiger partial charge in [0.2, 0.25) is 5.13 Å². The Labute approximate surface area is 160 Å². The molecule has 2 fully saturated rings. The largest absolute Gasteiger partial charge is 0.363 e. The van der Waals surface area contributed by atoms with Crippen molar-refractivity contribution in [1.82, 2.24) is 15.1 Å². The molecule has 0 bridgehead atoms. The van der Waals surface area contributed by atoms with Crippen LogP contribution in [0, 0.1) is 10.1 Å². The zero-order valence-corrected chi connectivity index (χ0v) is 15.7. The molecule has 27 heavy (non-hydrogen) atoms. The van der Waals surface area contributed by atoms with E-state index in [-0.39, 0.29) is 11.3 Å². The van der Waals surface area contributed by atoms with Gasteiger partial charge in [0.1, 0.15) is 10.7 Å². The minimum Gasteiger partial charge on any atom is -0.363 e. The lowest BCUT2D eigenvalue weighted by Gasteiger charge is -2.33. The monoisotopic (exact) mass is 388 g/mol. The van der Waals surface area contributed by atoms with Gasteiger partial charge in [0.05, 0.1) is 4.92 Å². The van der Waals surface area contributed by atoms with Gasteiger partial charge in [0.25, 0.3) is 11.6 Å². The summed E-state index contributed by atoms with van der Waals surface area (Å²) < 4.78 is 0. The molecule has 1 aromatic heterocycles. The summed E-state index contributed by atoms with van der Waals surface area (Å²) in [6.45, 7) is 3.13. The van der Waals surface area contributed by atoms with E-state index in [1.54, 1.807) is 12.1 Å². The van der Waals surface area contributed by atoms with Crippen LogP contribution in [0.1, 0.15) is 34.1 Å². The molecule has 9 nitrogen and oxygen atoms in total. The van der Waals surface area contributed by atoms with Crippen molar-refractivity contribution < 1.29 is 9.72 Å². The molecule has 142 valence electrons. The maximum absolute atomic E-state index is 12.5. The summed E-state index contributed by atoms with van der Waals surface area (Å²) in [5.41, 5.74) is 0.738. The lowest BCUT2D eigenvalue weighted by Crippen LogP contribution is -2.44. The molecule has 2 aromatic rings. The number of amides is 1. The highest BCUT2D eigenvalue weighted by Crippen LogP contribution is 2.42. The Bertz CT molecular complexity index is 873. The minimum atomic E-state index is -0.430. The summed E-state index contributed by atoms with van der Waals surface area (Å²) in [5.74, 6) is 0.0543. The second kappa shape index (κ2) is 7.20. The Hall–Kier alpha value is -2.59. The number of hydrogen-bond acceptors (Lipinski definition) is 8. The van der Waals surface area contributed by atoms with Crippen molar-refractivity contribution in [2.75, 3.05) is 43.4 Å². The molecule has 1 aromatic carbocycles. The summed E-state index contributed by atoms with van der Waals surface area (Å²) in [6.07, 6.45) is 2.23. The molecule has 0 atom stereocenters. The standard InChI is InChI=1S/C17H20N6O3S/c1-21-6-8-22(9-7-21)13-5-4-12(10-14(13)23(25)26)15(24)18-17-20-19-16(27-17)11-2-3-11/h4-5,10-11H,2-3,6-9H2,1H3,(H,18,20,24). The number of nitrogens with one attached hydrogen (secondary N) is 1. The first kappa shape index (κ1) is 17.8. The predicted molar refractivity (Wildman–Crippen MR) is 103 cm³/mol. The fraction of sp³-hybridized carbons (Fsp3) is 0.471. The van der Waals surface area contributed by atoms with Crippen molar-refractivity contribution in [3.05, 3.63) is 38.9 Å². The van der Waals surface area contributed by atoms with Gasteiger partial charge in [0.15, 0.2) is 0 Å². The zero-order valence-electron chi connectivity index (χ0n) is 14.9. The maximum atomic E-state index is 12.5. The van der Waals surface area contributed by atoms with Crippen molar-refractivity contribution in [2.45, 2.75) is 18.8 Å². The highest BCUT2D eigenvalue weighted by Gasteiger charge is 2.28. The van der Waals surface area contributed by atoms with Crippen molar-refractivity contribution in [1.29, 1.82) is 0 Å². The number of carbonyl (C=O) groups is 1. The molecule has 1 aliphatic heterocycles. The molecule has 1 aliphatic carbocycles. The van der Waals surface area contributed by atoms with Crippen molar-refractivity contribution >= 4 is 33.8 Å². The first-order valence-corrected chi connectivity index (χ1v) is 9.69. The molecule has 2 heterocycles. The van der Waals surface area contributed by atoms with E-state index in [0.29, 0.717) is 16.7 Å². The fourth-order valence-corrected chi connectivity index (χ4v) is 3.98. The normalized spacial score (nSPS) is 17.7. The zero-order chi connectivity index (χ0) is 19.0. The number of nitro groups is 1. The SMILES string of the molecule is CN1CCN(c2ccc(C(=O)Nc3nnc(C4CC4)s3)cc2[N+](=O)[O-])CC1. The van der Waals surface area contributed by atoms with Crippen molar-refractivity contribution in [2.24, 2.45) is 0 Å². The van der Waals surface area contributed by atoms with Crippen LogP contribution in [0.5, 0.6) is 0 Å². The van der Waals surface area contributed by atoms with Gasteiger partial charge in [-0.1, -0.05) is 11.3 Å². The van der Waals surface area contributed by atoms with E-state index >= 15 is 0 Å². The molecule has 1 amide bonds. The number of aromatic nitrogens is 2. The van der Waals surface area contributed by atoms with Crippen LogP contribution in [-0.4, -0.2) is 59.2 Å². The van der Waals surface area contributed by atoms with Crippen LogP contribution in [0.25, 0.3) is 0 Å². The topological polar surface area (TPSA) is 104 Å². The van der Waals surface area contributed by atoms with E-state index in [4.69, 9.17) is 0 Å². The number of benzene rings is 1. The predicted octanol–water partition coefficient (Wildman–Crippen LogP) is 2.33. The number of piperazine rings is 1. The third-order valence-corrected chi connectivity index (χ3v) is 5.87. The van der Waals surface area contributed by atoms with Crippen molar-refractivity contribution in [3.63, 3.8) is 0 Å².